The monoisotopic (exact) mass is 327 g/mol. The van der Waals surface area contributed by atoms with E-state index in [1.54, 1.807) is 22.7 Å². The molecular formula is C16H13N3OS2. The Balaban J connectivity index is 1.68. The van der Waals surface area contributed by atoms with Crippen molar-refractivity contribution in [3.05, 3.63) is 57.6 Å². The summed E-state index contributed by atoms with van der Waals surface area (Å²) < 4.78 is 0. The number of para-hydroxylation sites is 1. The fourth-order valence-electron chi connectivity index (χ4n) is 2.54. The molecule has 2 aromatic heterocycles. The molecule has 1 aliphatic rings. The van der Waals surface area contributed by atoms with Crippen LogP contribution < -0.4 is 10.6 Å². The summed E-state index contributed by atoms with van der Waals surface area (Å²) in [5.41, 5.74) is 0.993. The Morgan fingerprint density at radius 3 is 2.82 bits per heavy atom. The average molecular weight is 327 g/mol. The highest BCUT2D eigenvalue weighted by atomic mass is 32.1. The van der Waals surface area contributed by atoms with E-state index in [-0.39, 0.29) is 11.8 Å². The van der Waals surface area contributed by atoms with Gasteiger partial charge in [-0.25, -0.2) is 4.98 Å². The van der Waals surface area contributed by atoms with Crippen LogP contribution in [-0.2, 0) is 4.79 Å². The summed E-state index contributed by atoms with van der Waals surface area (Å²) >= 11 is 3.30. The van der Waals surface area contributed by atoms with Gasteiger partial charge < -0.3 is 10.6 Å². The lowest BCUT2D eigenvalue weighted by Crippen LogP contribution is -2.22. The van der Waals surface area contributed by atoms with Gasteiger partial charge in [-0.2, -0.15) is 0 Å². The van der Waals surface area contributed by atoms with Gasteiger partial charge in [-0.1, -0.05) is 35.6 Å². The summed E-state index contributed by atoms with van der Waals surface area (Å²) in [5.74, 6) is 0.841. The second kappa shape index (κ2) is 5.55. The lowest BCUT2D eigenvalue weighted by Gasteiger charge is -2.19. The molecule has 110 valence electrons. The number of nitrogens with zero attached hydrogens (tertiary/aromatic N) is 1. The van der Waals surface area contributed by atoms with Crippen LogP contribution in [0.4, 0.5) is 16.6 Å². The molecule has 0 aliphatic carbocycles. The SMILES string of the molecule is O=C1C[C@@H](c2cccs2)c2sc(Nc3ccccc3)nc2N1. The van der Waals surface area contributed by atoms with Crippen LogP contribution in [0, 0.1) is 0 Å². The molecule has 1 aromatic carbocycles. The Morgan fingerprint density at radius 2 is 2.05 bits per heavy atom. The molecule has 0 fully saturated rings. The molecule has 22 heavy (non-hydrogen) atoms. The number of rotatable bonds is 3. The summed E-state index contributed by atoms with van der Waals surface area (Å²) in [4.78, 5) is 18.8. The molecule has 4 nitrogen and oxygen atoms in total. The summed E-state index contributed by atoms with van der Waals surface area (Å²) in [6, 6.07) is 14.0. The number of thiazole rings is 1. The normalized spacial score (nSPS) is 16.9. The highest BCUT2D eigenvalue weighted by molar-refractivity contribution is 7.16. The van der Waals surface area contributed by atoms with Crippen molar-refractivity contribution in [2.45, 2.75) is 12.3 Å². The molecular weight excluding hydrogens is 314 g/mol. The van der Waals surface area contributed by atoms with Crippen LogP contribution in [0.2, 0.25) is 0 Å². The number of anilines is 3. The Labute approximate surface area is 135 Å². The van der Waals surface area contributed by atoms with Crippen molar-refractivity contribution in [2.75, 3.05) is 10.6 Å². The fraction of sp³-hybridized carbons (Fsp3) is 0.125. The molecule has 3 heterocycles. The molecule has 0 spiro atoms. The van der Waals surface area contributed by atoms with Crippen LogP contribution in [0.3, 0.4) is 0 Å². The van der Waals surface area contributed by atoms with E-state index in [0.29, 0.717) is 12.2 Å². The highest BCUT2D eigenvalue weighted by Gasteiger charge is 2.30. The molecule has 1 amide bonds. The van der Waals surface area contributed by atoms with Crippen molar-refractivity contribution in [1.82, 2.24) is 4.98 Å². The quantitative estimate of drug-likeness (QED) is 0.748. The molecule has 1 aliphatic heterocycles. The van der Waals surface area contributed by atoms with Gasteiger partial charge >= 0.3 is 0 Å². The number of amides is 1. The van der Waals surface area contributed by atoms with Crippen LogP contribution >= 0.6 is 22.7 Å². The average Bonchev–Trinajstić information content (AvgIpc) is 3.16. The molecule has 0 bridgehead atoms. The van der Waals surface area contributed by atoms with Crippen LogP contribution in [-0.4, -0.2) is 10.9 Å². The molecule has 0 saturated heterocycles. The zero-order valence-corrected chi connectivity index (χ0v) is 13.2. The first kappa shape index (κ1) is 13.5. The minimum Gasteiger partial charge on any atom is -0.331 e. The van der Waals surface area contributed by atoms with Crippen LogP contribution in [0.1, 0.15) is 22.1 Å². The summed E-state index contributed by atoms with van der Waals surface area (Å²) in [6.07, 6.45) is 0.487. The molecule has 0 unspecified atom stereocenters. The third-order valence-corrected chi connectivity index (χ3v) is 5.60. The number of aromatic nitrogens is 1. The number of benzene rings is 1. The van der Waals surface area contributed by atoms with E-state index in [9.17, 15) is 4.79 Å². The standard InChI is InChI=1S/C16H13N3OS2/c20-13-9-11(12-7-4-8-21-12)14-15(18-13)19-16(22-14)17-10-5-2-1-3-6-10/h1-8,11H,9H2,(H,17,19)(H,18,20)/t11-/m0/s1. The van der Waals surface area contributed by atoms with Gasteiger partial charge in [-0.05, 0) is 23.6 Å². The molecule has 3 aromatic rings. The highest BCUT2D eigenvalue weighted by Crippen LogP contribution is 2.43. The maximum absolute atomic E-state index is 11.9. The van der Waals surface area contributed by atoms with Crippen LogP contribution in [0.25, 0.3) is 0 Å². The molecule has 2 N–H and O–H groups in total. The first-order valence-electron chi connectivity index (χ1n) is 6.95. The van der Waals surface area contributed by atoms with Gasteiger partial charge in [0.15, 0.2) is 5.13 Å². The topological polar surface area (TPSA) is 54.0 Å². The van der Waals surface area contributed by atoms with Gasteiger partial charge in [0.2, 0.25) is 5.91 Å². The van der Waals surface area contributed by atoms with Crippen LogP contribution in [0.5, 0.6) is 0 Å². The largest absolute Gasteiger partial charge is 0.331 e. The number of fused-ring (bicyclic) bond motifs is 1. The van der Waals surface area contributed by atoms with E-state index >= 15 is 0 Å². The van der Waals surface area contributed by atoms with Crippen molar-refractivity contribution in [1.29, 1.82) is 0 Å². The van der Waals surface area contributed by atoms with Crippen molar-refractivity contribution < 1.29 is 4.79 Å². The van der Waals surface area contributed by atoms with Gasteiger partial charge in [-0.3, -0.25) is 4.79 Å². The van der Waals surface area contributed by atoms with Gasteiger partial charge in [0.1, 0.15) is 5.82 Å². The number of hydrogen-bond acceptors (Lipinski definition) is 5. The van der Waals surface area contributed by atoms with Gasteiger partial charge in [0.25, 0.3) is 0 Å². The number of nitrogens with one attached hydrogen (secondary N) is 2. The fourth-order valence-corrected chi connectivity index (χ4v) is 4.51. The predicted octanol–water partition coefficient (Wildman–Crippen LogP) is 4.42. The van der Waals surface area contributed by atoms with E-state index in [1.165, 1.54) is 4.88 Å². The first-order chi connectivity index (χ1) is 10.8. The van der Waals surface area contributed by atoms with E-state index < -0.39 is 0 Å². The maximum atomic E-state index is 11.9. The summed E-state index contributed by atoms with van der Waals surface area (Å²) in [5, 5.41) is 9.04. The second-order valence-electron chi connectivity index (χ2n) is 5.04. The van der Waals surface area contributed by atoms with Gasteiger partial charge in [0, 0.05) is 22.9 Å². The molecule has 0 radical (unpaired) electrons. The van der Waals surface area contributed by atoms with E-state index in [2.05, 4.69) is 21.7 Å². The van der Waals surface area contributed by atoms with E-state index in [4.69, 9.17) is 0 Å². The van der Waals surface area contributed by atoms with E-state index in [0.717, 1.165) is 15.7 Å². The minimum atomic E-state index is 0.0301. The van der Waals surface area contributed by atoms with Crippen molar-refractivity contribution in [3.8, 4) is 0 Å². The van der Waals surface area contributed by atoms with Gasteiger partial charge in [0.05, 0.1) is 4.88 Å². The lowest BCUT2D eigenvalue weighted by molar-refractivity contribution is -0.116. The van der Waals surface area contributed by atoms with Crippen LogP contribution in [0.15, 0.2) is 47.8 Å². The maximum Gasteiger partial charge on any atom is 0.226 e. The number of carbonyl (C=O) groups is 1. The first-order valence-corrected chi connectivity index (χ1v) is 8.65. The molecule has 4 rings (SSSR count). The number of carbonyl (C=O) groups excluding carboxylic acids is 1. The van der Waals surface area contributed by atoms with Crippen molar-refractivity contribution in [2.24, 2.45) is 0 Å². The zero-order chi connectivity index (χ0) is 14.9. The lowest BCUT2D eigenvalue weighted by atomic mass is 9.98. The minimum absolute atomic E-state index is 0.0301. The zero-order valence-electron chi connectivity index (χ0n) is 11.6. The Bertz CT molecular complexity index is 796. The Morgan fingerprint density at radius 1 is 1.18 bits per heavy atom. The summed E-state index contributed by atoms with van der Waals surface area (Å²) in [7, 11) is 0. The molecule has 6 heteroatoms. The number of hydrogen-bond donors (Lipinski definition) is 2. The van der Waals surface area contributed by atoms with E-state index in [1.807, 2.05) is 41.8 Å². The van der Waals surface area contributed by atoms with Gasteiger partial charge in [-0.15, -0.1) is 11.3 Å². The summed E-state index contributed by atoms with van der Waals surface area (Å²) in [6.45, 7) is 0. The molecule has 1 atom stereocenters. The van der Waals surface area contributed by atoms with Crippen molar-refractivity contribution in [3.63, 3.8) is 0 Å². The smallest absolute Gasteiger partial charge is 0.226 e. The Kier molecular flexibility index (Phi) is 3.40. The number of thiophene rings is 1. The second-order valence-corrected chi connectivity index (χ2v) is 7.05. The van der Waals surface area contributed by atoms with Crippen molar-refractivity contribution >= 4 is 45.2 Å². The molecule has 0 saturated carbocycles. The Hall–Kier alpha value is -2.18. The third kappa shape index (κ3) is 2.51. The third-order valence-electron chi connectivity index (χ3n) is 3.53. The predicted molar refractivity (Wildman–Crippen MR) is 91.2 cm³/mol.